The number of carbonyl (C=O) groups excluding carboxylic acids is 1. The van der Waals surface area contributed by atoms with Gasteiger partial charge in [-0.05, 0) is 48.5 Å². The maximum Gasteiger partial charge on any atom is 0.309 e. The molecule has 0 aliphatic heterocycles. The Morgan fingerprint density at radius 1 is 1.14 bits per heavy atom. The second-order valence-corrected chi connectivity index (χ2v) is 7.66. The molecule has 2 nitrogen and oxygen atoms in total. The lowest BCUT2D eigenvalue weighted by molar-refractivity contribution is -0.157. The van der Waals surface area contributed by atoms with Gasteiger partial charge in [-0.25, -0.2) is 0 Å². The fourth-order valence-corrected chi connectivity index (χ4v) is 4.01. The van der Waals surface area contributed by atoms with Crippen molar-refractivity contribution in [1.82, 2.24) is 0 Å². The monoisotopic (exact) mass is 300 g/mol. The van der Waals surface area contributed by atoms with Gasteiger partial charge in [-0.1, -0.05) is 57.5 Å². The van der Waals surface area contributed by atoms with Crippen LogP contribution in [0.1, 0.15) is 57.9 Å². The lowest BCUT2D eigenvalue weighted by Gasteiger charge is -2.36. The number of hydrogen-bond donors (Lipinski definition) is 0. The van der Waals surface area contributed by atoms with E-state index >= 15 is 0 Å². The van der Waals surface area contributed by atoms with Gasteiger partial charge < -0.3 is 4.74 Å². The van der Waals surface area contributed by atoms with Gasteiger partial charge in [0.1, 0.15) is 6.10 Å². The predicted molar refractivity (Wildman–Crippen MR) is 88.5 cm³/mol. The minimum atomic E-state index is 0.0404. The van der Waals surface area contributed by atoms with Gasteiger partial charge in [0, 0.05) is 0 Å². The first-order valence-corrected chi connectivity index (χ1v) is 8.81. The van der Waals surface area contributed by atoms with E-state index in [9.17, 15) is 4.79 Å². The SMILES string of the molecule is CC(C)[C@H]1CC[C@H](C)C[C@@H]1OC(=O)[C@@H]1C[C@H]1c1ccccc1. The summed E-state index contributed by atoms with van der Waals surface area (Å²) in [5, 5.41) is 0. The van der Waals surface area contributed by atoms with Crippen LogP contribution in [0.4, 0.5) is 0 Å². The number of hydrogen-bond acceptors (Lipinski definition) is 2. The van der Waals surface area contributed by atoms with E-state index in [0.717, 1.165) is 12.8 Å². The molecule has 1 aromatic carbocycles. The van der Waals surface area contributed by atoms with E-state index in [-0.39, 0.29) is 18.0 Å². The van der Waals surface area contributed by atoms with E-state index in [0.29, 0.717) is 23.7 Å². The Morgan fingerprint density at radius 3 is 2.55 bits per heavy atom. The lowest BCUT2D eigenvalue weighted by Crippen LogP contribution is -2.36. The second kappa shape index (κ2) is 6.44. The molecule has 0 amide bonds. The summed E-state index contributed by atoms with van der Waals surface area (Å²) in [5.41, 5.74) is 1.28. The summed E-state index contributed by atoms with van der Waals surface area (Å²) in [6, 6.07) is 10.4. The molecule has 2 saturated carbocycles. The molecule has 0 saturated heterocycles. The minimum absolute atomic E-state index is 0.0404. The Bertz CT molecular complexity index is 508. The average Bonchev–Trinajstić information content (AvgIpc) is 3.28. The molecule has 0 radical (unpaired) electrons. The fraction of sp³-hybridized carbons (Fsp3) is 0.650. The molecule has 0 unspecified atom stereocenters. The van der Waals surface area contributed by atoms with E-state index < -0.39 is 0 Å². The molecular formula is C20H28O2. The zero-order valence-corrected chi connectivity index (χ0v) is 14.0. The van der Waals surface area contributed by atoms with E-state index in [1.165, 1.54) is 18.4 Å². The summed E-state index contributed by atoms with van der Waals surface area (Å²) in [6.45, 7) is 6.79. The fourth-order valence-electron chi connectivity index (χ4n) is 4.01. The Balaban J connectivity index is 1.59. The van der Waals surface area contributed by atoms with E-state index in [4.69, 9.17) is 4.74 Å². The number of esters is 1. The van der Waals surface area contributed by atoms with Gasteiger partial charge in [0.15, 0.2) is 0 Å². The smallest absolute Gasteiger partial charge is 0.309 e. The van der Waals surface area contributed by atoms with Crippen molar-refractivity contribution in [3.63, 3.8) is 0 Å². The van der Waals surface area contributed by atoms with Gasteiger partial charge in [0.05, 0.1) is 5.92 Å². The Kier molecular flexibility index (Phi) is 4.56. The first-order valence-electron chi connectivity index (χ1n) is 8.81. The summed E-state index contributed by atoms with van der Waals surface area (Å²) in [5.74, 6) is 2.32. The van der Waals surface area contributed by atoms with Crippen LogP contribution in [0.5, 0.6) is 0 Å². The van der Waals surface area contributed by atoms with Crippen molar-refractivity contribution >= 4 is 5.97 Å². The van der Waals surface area contributed by atoms with Crippen molar-refractivity contribution in [2.24, 2.45) is 23.7 Å². The molecule has 0 N–H and O–H groups in total. The molecule has 0 aromatic heterocycles. The predicted octanol–water partition coefficient (Wildman–Crippen LogP) is 4.79. The summed E-state index contributed by atoms with van der Waals surface area (Å²) >= 11 is 0. The van der Waals surface area contributed by atoms with Crippen molar-refractivity contribution in [3.8, 4) is 0 Å². The van der Waals surface area contributed by atoms with Crippen LogP contribution in [0.15, 0.2) is 30.3 Å². The molecule has 0 bridgehead atoms. The van der Waals surface area contributed by atoms with Crippen LogP contribution < -0.4 is 0 Å². The molecule has 0 heterocycles. The first-order chi connectivity index (χ1) is 10.6. The Morgan fingerprint density at radius 2 is 1.86 bits per heavy atom. The summed E-state index contributed by atoms with van der Waals surface area (Å²) < 4.78 is 5.97. The molecule has 1 aromatic rings. The van der Waals surface area contributed by atoms with E-state index in [2.05, 4.69) is 32.9 Å². The van der Waals surface area contributed by atoms with Crippen molar-refractivity contribution in [1.29, 1.82) is 0 Å². The molecule has 2 heteroatoms. The third-order valence-corrected chi connectivity index (χ3v) is 5.55. The number of ether oxygens (including phenoxy) is 1. The molecule has 5 atom stereocenters. The van der Waals surface area contributed by atoms with Crippen LogP contribution >= 0.6 is 0 Å². The van der Waals surface area contributed by atoms with Crippen molar-refractivity contribution in [2.75, 3.05) is 0 Å². The standard InChI is InChI=1S/C20H28O2/c1-13(2)16-10-9-14(3)11-19(16)22-20(21)18-12-17(18)15-7-5-4-6-8-15/h4-8,13-14,16-19H,9-12H2,1-3H3/t14-,16+,17-,18+,19-/m0/s1. The quantitative estimate of drug-likeness (QED) is 0.747. The van der Waals surface area contributed by atoms with Crippen LogP contribution in [0.3, 0.4) is 0 Å². The maximum atomic E-state index is 12.5. The van der Waals surface area contributed by atoms with Gasteiger partial charge in [0.2, 0.25) is 0 Å². The molecule has 2 aliphatic carbocycles. The van der Waals surface area contributed by atoms with Gasteiger partial charge in [0.25, 0.3) is 0 Å². The van der Waals surface area contributed by atoms with Gasteiger partial charge in [-0.3, -0.25) is 4.79 Å². The summed E-state index contributed by atoms with van der Waals surface area (Å²) in [7, 11) is 0. The lowest BCUT2D eigenvalue weighted by atomic mass is 9.75. The van der Waals surface area contributed by atoms with Crippen LogP contribution in [-0.2, 0) is 9.53 Å². The van der Waals surface area contributed by atoms with Gasteiger partial charge >= 0.3 is 5.97 Å². The van der Waals surface area contributed by atoms with E-state index in [1.54, 1.807) is 0 Å². The first kappa shape index (κ1) is 15.6. The van der Waals surface area contributed by atoms with Crippen LogP contribution in [0.2, 0.25) is 0 Å². The van der Waals surface area contributed by atoms with Gasteiger partial charge in [-0.15, -0.1) is 0 Å². The van der Waals surface area contributed by atoms with Crippen molar-refractivity contribution in [3.05, 3.63) is 35.9 Å². The van der Waals surface area contributed by atoms with Crippen molar-refractivity contribution < 1.29 is 9.53 Å². The maximum absolute atomic E-state index is 12.5. The molecule has 3 rings (SSSR count). The molecule has 2 fully saturated rings. The Labute approximate surface area is 134 Å². The summed E-state index contributed by atoms with van der Waals surface area (Å²) in [4.78, 5) is 12.5. The molecule has 0 spiro atoms. The van der Waals surface area contributed by atoms with Crippen LogP contribution in [0, 0.1) is 23.7 Å². The molecule has 2 aliphatic rings. The zero-order valence-electron chi connectivity index (χ0n) is 14.0. The largest absolute Gasteiger partial charge is 0.462 e. The molecule has 22 heavy (non-hydrogen) atoms. The highest BCUT2D eigenvalue weighted by Crippen LogP contribution is 2.49. The minimum Gasteiger partial charge on any atom is -0.462 e. The Hall–Kier alpha value is -1.31. The normalized spacial score (nSPS) is 34.5. The topological polar surface area (TPSA) is 26.3 Å². The van der Waals surface area contributed by atoms with Crippen LogP contribution in [-0.4, -0.2) is 12.1 Å². The molecular weight excluding hydrogens is 272 g/mol. The average molecular weight is 300 g/mol. The van der Waals surface area contributed by atoms with Gasteiger partial charge in [-0.2, -0.15) is 0 Å². The summed E-state index contributed by atoms with van der Waals surface area (Å²) in [6.07, 6.45) is 4.60. The second-order valence-electron chi connectivity index (χ2n) is 7.66. The van der Waals surface area contributed by atoms with Crippen LogP contribution in [0.25, 0.3) is 0 Å². The highest BCUT2D eigenvalue weighted by atomic mass is 16.5. The zero-order chi connectivity index (χ0) is 15.7. The number of benzene rings is 1. The van der Waals surface area contributed by atoms with E-state index in [1.807, 2.05) is 18.2 Å². The third-order valence-electron chi connectivity index (χ3n) is 5.55. The highest BCUT2D eigenvalue weighted by molar-refractivity contribution is 5.77. The molecule has 120 valence electrons. The number of rotatable bonds is 4. The third kappa shape index (κ3) is 3.37. The van der Waals surface area contributed by atoms with Crippen molar-refractivity contribution in [2.45, 2.75) is 58.5 Å². The highest BCUT2D eigenvalue weighted by Gasteiger charge is 2.46. The number of carbonyl (C=O) groups is 1.